The third kappa shape index (κ3) is 4.01. The Morgan fingerprint density at radius 2 is 2.21 bits per heavy atom. The van der Waals surface area contributed by atoms with Crippen LogP contribution in [-0.4, -0.2) is 31.8 Å². The van der Waals surface area contributed by atoms with E-state index in [1.54, 1.807) is 7.11 Å². The third-order valence-electron chi connectivity index (χ3n) is 3.32. The van der Waals surface area contributed by atoms with Gasteiger partial charge in [-0.05, 0) is 35.9 Å². The van der Waals surface area contributed by atoms with Gasteiger partial charge in [0.2, 0.25) is 0 Å². The van der Waals surface area contributed by atoms with Gasteiger partial charge >= 0.3 is 0 Å². The predicted octanol–water partition coefficient (Wildman–Crippen LogP) is 2.65. The number of aromatic nitrogens is 1. The maximum Gasteiger partial charge on any atom is 0.0587 e. The van der Waals surface area contributed by atoms with Crippen LogP contribution in [0.5, 0.6) is 0 Å². The summed E-state index contributed by atoms with van der Waals surface area (Å²) in [5.74, 6) is 0.607. The van der Waals surface area contributed by atoms with Crippen molar-refractivity contribution in [3.8, 4) is 0 Å². The van der Waals surface area contributed by atoms with Crippen molar-refractivity contribution in [1.29, 1.82) is 0 Å². The normalized spacial score (nSPS) is 12.7. The Morgan fingerprint density at radius 3 is 3.05 bits per heavy atom. The summed E-state index contributed by atoms with van der Waals surface area (Å²) in [4.78, 5) is 4.18. The highest BCUT2D eigenvalue weighted by atomic mass is 16.5. The highest BCUT2D eigenvalue weighted by molar-refractivity contribution is 5.84. The standard InChI is InChI=1S/C16H22N2O/c1-13(11-18-8-9-19-2)10-14-4-3-5-15-12-17-7-6-16(14)15/h3-7,12-13,18H,8-11H2,1-2H3. The van der Waals surface area contributed by atoms with Crippen molar-refractivity contribution in [2.45, 2.75) is 13.3 Å². The summed E-state index contributed by atoms with van der Waals surface area (Å²) in [5, 5.41) is 5.96. The molecule has 0 saturated heterocycles. The van der Waals surface area contributed by atoms with E-state index in [-0.39, 0.29) is 0 Å². The molecular formula is C16H22N2O. The molecule has 1 heterocycles. The lowest BCUT2D eigenvalue weighted by atomic mass is 9.97. The Hall–Kier alpha value is -1.45. The number of hydrogen-bond donors (Lipinski definition) is 1. The molecule has 0 saturated carbocycles. The third-order valence-corrected chi connectivity index (χ3v) is 3.32. The number of hydrogen-bond acceptors (Lipinski definition) is 3. The number of methoxy groups -OCH3 is 1. The molecule has 0 aliphatic carbocycles. The van der Waals surface area contributed by atoms with Gasteiger partial charge in [0.25, 0.3) is 0 Å². The van der Waals surface area contributed by atoms with E-state index >= 15 is 0 Å². The fourth-order valence-electron chi connectivity index (χ4n) is 2.34. The van der Waals surface area contributed by atoms with E-state index in [0.29, 0.717) is 5.92 Å². The summed E-state index contributed by atoms with van der Waals surface area (Å²) in [6.45, 7) is 4.98. The molecule has 102 valence electrons. The first-order chi connectivity index (χ1) is 9.31. The van der Waals surface area contributed by atoms with E-state index in [1.165, 1.54) is 16.3 Å². The second-order valence-corrected chi connectivity index (χ2v) is 5.02. The van der Waals surface area contributed by atoms with Gasteiger partial charge in [-0.3, -0.25) is 4.98 Å². The average molecular weight is 258 g/mol. The second kappa shape index (κ2) is 7.22. The molecule has 1 unspecified atom stereocenters. The highest BCUT2D eigenvalue weighted by Crippen LogP contribution is 2.20. The van der Waals surface area contributed by atoms with Gasteiger partial charge < -0.3 is 10.1 Å². The molecule has 0 aliphatic rings. The van der Waals surface area contributed by atoms with E-state index in [4.69, 9.17) is 4.74 Å². The molecule has 0 spiro atoms. The topological polar surface area (TPSA) is 34.1 Å². The van der Waals surface area contributed by atoms with Crippen LogP contribution < -0.4 is 5.32 Å². The first-order valence-electron chi connectivity index (χ1n) is 6.82. The van der Waals surface area contributed by atoms with Crippen molar-refractivity contribution >= 4 is 10.8 Å². The lowest BCUT2D eigenvalue weighted by Gasteiger charge is -2.14. The van der Waals surface area contributed by atoms with Gasteiger partial charge in [0.05, 0.1) is 6.61 Å². The number of benzene rings is 1. The minimum absolute atomic E-state index is 0.607. The van der Waals surface area contributed by atoms with E-state index < -0.39 is 0 Å². The molecule has 1 aromatic heterocycles. The van der Waals surface area contributed by atoms with Crippen LogP contribution in [0, 0.1) is 5.92 Å². The second-order valence-electron chi connectivity index (χ2n) is 5.02. The summed E-state index contributed by atoms with van der Waals surface area (Å²) in [6, 6.07) is 8.56. The van der Waals surface area contributed by atoms with Gasteiger partial charge in [-0.15, -0.1) is 0 Å². The van der Waals surface area contributed by atoms with Crippen LogP contribution in [0.1, 0.15) is 12.5 Å². The summed E-state index contributed by atoms with van der Waals surface area (Å²) in [5.41, 5.74) is 1.40. The number of pyridine rings is 1. The molecule has 3 heteroatoms. The first kappa shape index (κ1) is 14.0. The minimum atomic E-state index is 0.607. The Bertz CT molecular complexity index is 508. The van der Waals surface area contributed by atoms with E-state index in [2.05, 4.69) is 41.5 Å². The SMILES string of the molecule is COCCNCC(C)Cc1cccc2cnccc12. The summed E-state index contributed by atoms with van der Waals surface area (Å²) >= 11 is 0. The Balaban J connectivity index is 1.97. The van der Waals surface area contributed by atoms with Crippen LogP contribution in [-0.2, 0) is 11.2 Å². The van der Waals surface area contributed by atoms with Crippen molar-refractivity contribution in [2.75, 3.05) is 26.8 Å². The molecule has 2 aromatic rings. The molecule has 19 heavy (non-hydrogen) atoms. The molecule has 3 nitrogen and oxygen atoms in total. The molecule has 1 aromatic carbocycles. The minimum Gasteiger partial charge on any atom is -0.383 e. The lowest BCUT2D eigenvalue weighted by molar-refractivity contribution is 0.198. The Morgan fingerprint density at radius 1 is 1.32 bits per heavy atom. The summed E-state index contributed by atoms with van der Waals surface area (Å²) in [7, 11) is 1.73. The van der Waals surface area contributed by atoms with E-state index in [1.807, 2.05) is 12.4 Å². The fraction of sp³-hybridized carbons (Fsp3) is 0.438. The van der Waals surface area contributed by atoms with Crippen molar-refractivity contribution in [2.24, 2.45) is 5.92 Å². The quantitative estimate of drug-likeness (QED) is 0.775. The first-order valence-corrected chi connectivity index (χ1v) is 6.82. The Labute approximate surface area is 115 Å². The van der Waals surface area contributed by atoms with Crippen molar-refractivity contribution in [3.63, 3.8) is 0 Å². The molecule has 0 fully saturated rings. The van der Waals surface area contributed by atoms with Gasteiger partial charge in [0, 0.05) is 31.4 Å². The Kier molecular flexibility index (Phi) is 5.31. The highest BCUT2D eigenvalue weighted by Gasteiger charge is 2.06. The van der Waals surface area contributed by atoms with Gasteiger partial charge in [0.15, 0.2) is 0 Å². The molecule has 1 atom stereocenters. The number of rotatable bonds is 7. The lowest BCUT2D eigenvalue weighted by Crippen LogP contribution is -2.25. The molecule has 0 bridgehead atoms. The van der Waals surface area contributed by atoms with Gasteiger partial charge in [0.1, 0.15) is 0 Å². The van der Waals surface area contributed by atoms with Gasteiger partial charge in [-0.1, -0.05) is 25.1 Å². The smallest absolute Gasteiger partial charge is 0.0587 e. The maximum atomic E-state index is 5.03. The molecular weight excluding hydrogens is 236 g/mol. The van der Waals surface area contributed by atoms with Crippen LogP contribution in [0.4, 0.5) is 0 Å². The maximum absolute atomic E-state index is 5.03. The number of fused-ring (bicyclic) bond motifs is 1. The van der Waals surface area contributed by atoms with E-state index in [9.17, 15) is 0 Å². The van der Waals surface area contributed by atoms with Crippen molar-refractivity contribution < 1.29 is 4.74 Å². The van der Waals surface area contributed by atoms with E-state index in [0.717, 1.165) is 26.1 Å². The predicted molar refractivity (Wildman–Crippen MR) is 79.4 cm³/mol. The van der Waals surface area contributed by atoms with Crippen LogP contribution in [0.15, 0.2) is 36.7 Å². The number of nitrogens with one attached hydrogen (secondary N) is 1. The molecule has 0 aliphatic heterocycles. The fourth-order valence-corrected chi connectivity index (χ4v) is 2.34. The molecule has 1 N–H and O–H groups in total. The molecule has 0 radical (unpaired) electrons. The average Bonchev–Trinajstić information content (AvgIpc) is 2.44. The zero-order chi connectivity index (χ0) is 13.5. The molecule has 2 rings (SSSR count). The van der Waals surface area contributed by atoms with Crippen LogP contribution >= 0.6 is 0 Å². The molecule has 0 amide bonds. The summed E-state index contributed by atoms with van der Waals surface area (Å²) < 4.78 is 5.03. The van der Waals surface area contributed by atoms with Gasteiger partial charge in [-0.25, -0.2) is 0 Å². The van der Waals surface area contributed by atoms with Crippen LogP contribution in [0.3, 0.4) is 0 Å². The summed E-state index contributed by atoms with van der Waals surface area (Å²) in [6.07, 6.45) is 4.88. The number of nitrogens with zero attached hydrogens (tertiary/aromatic N) is 1. The van der Waals surface area contributed by atoms with Crippen molar-refractivity contribution in [3.05, 3.63) is 42.2 Å². The zero-order valence-electron chi connectivity index (χ0n) is 11.7. The largest absolute Gasteiger partial charge is 0.383 e. The number of ether oxygens (including phenoxy) is 1. The van der Waals surface area contributed by atoms with Crippen LogP contribution in [0.2, 0.25) is 0 Å². The van der Waals surface area contributed by atoms with Gasteiger partial charge in [-0.2, -0.15) is 0 Å². The van der Waals surface area contributed by atoms with Crippen LogP contribution in [0.25, 0.3) is 10.8 Å². The monoisotopic (exact) mass is 258 g/mol. The zero-order valence-corrected chi connectivity index (χ0v) is 11.7. The van der Waals surface area contributed by atoms with Crippen molar-refractivity contribution in [1.82, 2.24) is 10.3 Å².